The van der Waals surface area contributed by atoms with Gasteiger partial charge in [-0.25, -0.2) is 4.79 Å². The number of carbonyl (C=O) groups is 1. The summed E-state index contributed by atoms with van der Waals surface area (Å²) in [5, 5.41) is 20.4. The number of hydrogen-bond donors (Lipinski definition) is 1. The predicted octanol–water partition coefficient (Wildman–Crippen LogP) is 2.14. The van der Waals surface area contributed by atoms with Crippen LogP contribution in [0.2, 0.25) is 0 Å². The van der Waals surface area contributed by atoms with Gasteiger partial charge < -0.3 is 9.84 Å². The van der Waals surface area contributed by atoms with Gasteiger partial charge in [-0.05, 0) is 31.5 Å². The first-order valence-electron chi connectivity index (χ1n) is 5.65. The molecule has 102 valence electrons. The maximum Gasteiger partial charge on any atom is 0.336 e. The average Bonchev–Trinajstić information content (AvgIpc) is 2.36. The third kappa shape index (κ3) is 3.89. The van der Waals surface area contributed by atoms with Crippen LogP contribution in [0.3, 0.4) is 0 Å². The number of non-ortho nitro benzene ring substituents is 1. The zero-order chi connectivity index (χ0) is 14.6. The number of hydrogen-bond acceptors (Lipinski definition) is 5. The summed E-state index contributed by atoms with van der Waals surface area (Å²) in [6, 6.07) is 5.24. The van der Waals surface area contributed by atoms with Gasteiger partial charge in [0.25, 0.3) is 5.69 Å². The summed E-state index contributed by atoms with van der Waals surface area (Å²) in [5.74, 6) is -0.694. The van der Waals surface area contributed by atoms with E-state index < -0.39 is 17.0 Å². The molecule has 6 heteroatoms. The lowest BCUT2D eigenvalue weighted by atomic mass is 10.0. The molecule has 0 heterocycles. The maximum absolute atomic E-state index is 11.6. The van der Waals surface area contributed by atoms with E-state index in [0.717, 1.165) is 0 Å². The van der Waals surface area contributed by atoms with E-state index in [4.69, 9.17) is 4.74 Å². The number of nitro groups is 1. The van der Waals surface area contributed by atoms with Crippen LogP contribution in [0.4, 0.5) is 5.69 Å². The largest absolute Gasteiger partial charge is 0.460 e. The molecule has 0 spiro atoms. The number of rotatable bonds is 5. The summed E-state index contributed by atoms with van der Waals surface area (Å²) >= 11 is 0. The smallest absolute Gasteiger partial charge is 0.336 e. The third-order valence-corrected chi connectivity index (χ3v) is 2.35. The van der Waals surface area contributed by atoms with Crippen LogP contribution in [0.1, 0.15) is 25.5 Å². The topological polar surface area (TPSA) is 89.7 Å². The van der Waals surface area contributed by atoms with E-state index in [1.165, 1.54) is 24.3 Å². The monoisotopic (exact) mass is 265 g/mol. The number of ether oxygens (including phenoxy) is 1. The van der Waals surface area contributed by atoms with E-state index >= 15 is 0 Å². The van der Waals surface area contributed by atoms with Crippen LogP contribution in [-0.4, -0.2) is 22.1 Å². The third-order valence-electron chi connectivity index (χ3n) is 2.35. The number of carbonyl (C=O) groups excluding carboxylic acids is 1. The van der Waals surface area contributed by atoms with Crippen LogP contribution in [0, 0.1) is 10.1 Å². The van der Waals surface area contributed by atoms with Crippen molar-refractivity contribution in [3.8, 4) is 0 Å². The summed E-state index contributed by atoms with van der Waals surface area (Å²) in [5.41, 5.74) is 0.144. The van der Waals surface area contributed by atoms with Gasteiger partial charge in [0.1, 0.15) is 6.10 Å². The van der Waals surface area contributed by atoms with Crippen molar-refractivity contribution >= 4 is 11.7 Å². The number of esters is 1. The van der Waals surface area contributed by atoms with Crippen LogP contribution in [0.25, 0.3) is 0 Å². The molecule has 6 nitrogen and oxygen atoms in total. The van der Waals surface area contributed by atoms with E-state index in [-0.39, 0.29) is 17.4 Å². The van der Waals surface area contributed by atoms with Crippen LogP contribution in [-0.2, 0) is 9.53 Å². The first-order valence-corrected chi connectivity index (χ1v) is 5.65. The molecule has 0 aliphatic carbocycles. The normalized spacial score (nSPS) is 12.0. The van der Waals surface area contributed by atoms with E-state index in [1.54, 1.807) is 13.8 Å². The number of nitrogens with zero attached hydrogens (tertiary/aromatic N) is 1. The molecule has 19 heavy (non-hydrogen) atoms. The first-order chi connectivity index (χ1) is 8.82. The fraction of sp³-hybridized carbons (Fsp3) is 0.308. The average molecular weight is 265 g/mol. The number of nitro benzene ring substituents is 1. The molecule has 0 radical (unpaired) electrons. The molecule has 1 aromatic rings. The molecular formula is C13H15NO5. The minimum absolute atomic E-state index is 0.0914. The highest BCUT2D eigenvalue weighted by molar-refractivity contribution is 5.89. The Morgan fingerprint density at radius 3 is 2.32 bits per heavy atom. The molecule has 0 amide bonds. The van der Waals surface area contributed by atoms with E-state index in [9.17, 15) is 20.0 Å². The first kappa shape index (κ1) is 14.8. The Hall–Kier alpha value is -2.21. The van der Waals surface area contributed by atoms with E-state index in [0.29, 0.717) is 5.56 Å². The lowest BCUT2D eigenvalue weighted by molar-refractivity contribution is -0.384. The Bertz CT molecular complexity index is 492. The predicted molar refractivity (Wildman–Crippen MR) is 68.4 cm³/mol. The van der Waals surface area contributed by atoms with Gasteiger partial charge in [-0.3, -0.25) is 10.1 Å². The highest BCUT2D eigenvalue weighted by Crippen LogP contribution is 2.23. The van der Waals surface area contributed by atoms with E-state index in [1.807, 2.05) is 0 Å². The second-order valence-corrected chi connectivity index (χ2v) is 4.23. The van der Waals surface area contributed by atoms with Gasteiger partial charge in [0.05, 0.1) is 16.6 Å². The molecule has 1 unspecified atom stereocenters. The number of benzene rings is 1. The van der Waals surface area contributed by atoms with Crippen molar-refractivity contribution in [2.45, 2.75) is 26.1 Å². The maximum atomic E-state index is 11.6. The Balaban J connectivity index is 2.82. The zero-order valence-electron chi connectivity index (χ0n) is 10.7. The Kier molecular flexibility index (Phi) is 4.77. The summed E-state index contributed by atoms with van der Waals surface area (Å²) < 4.78 is 4.91. The molecule has 0 aromatic heterocycles. The summed E-state index contributed by atoms with van der Waals surface area (Å²) in [6.45, 7) is 6.85. The Labute approximate surface area is 110 Å². The van der Waals surface area contributed by atoms with Gasteiger partial charge >= 0.3 is 5.97 Å². The van der Waals surface area contributed by atoms with Crippen LogP contribution in [0.5, 0.6) is 0 Å². The SMILES string of the molecule is C=C(C(=O)OC(C)C)C(O)c1ccc([N+](=O)[O-])cc1. The van der Waals surface area contributed by atoms with Crippen molar-refractivity contribution < 1.29 is 19.6 Å². The molecule has 0 saturated carbocycles. The molecule has 0 saturated heterocycles. The minimum atomic E-state index is -1.24. The fourth-order valence-electron chi connectivity index (χ4n) is 1.38. The molecule has 0 aliphatic rings. The molecule has 0 fully saturated rings. The second-order valence-electron chi connectivity index (χ2n) is 4.23. The summed E-state index contributed by atoms with van der Waals surface area (Å²) in [6.07, 6.45) is -1.56. The van der Waals surface area contributed by atoms with Crippen molar-refractivity contribution in [1.29, 1.82) is 0 Å². The molecule has 1 atom stereocenters. The van der Waals surface area contributed by atoms with Gasteiger partial charge in [0, 0.05) is 12.1 Å². The lowest BCUT2D eigenvalue weighted by Gasteiger charge is -2.15. The van der Waals surface area contributed by atoms with Crippen molar-refractivity contribution in [2.24, 2.45) is 0 Å². The van der Waals surface area contributed by atoms with Crippen molar-refractivity contribution in [3.05, 3.63) is 52.1 Å². The fourth-order valence-corrected chi connectivity index (χ4v) is 1.38. The highest BCUT2D eigenvalue weighted by atomic mass is 16.6. The van der Waals surface area contributed by atoms with Gasteiger partial charge in [-0.15, -0.1) is 0 Å². The van der Waals surface area contributed by atoms with Crippen LogP contribution >= 0.6 is 0 Å². The van der Waals surface area contributed by atoms with Gasteiger partial charge in [-0.1, -0.05) is 6.58 Å². The molecule has 1 N–H and O–H groups in total. The highest BCUT2D eigenvalue weighted by Gasteiger charge is 2.21. The van der Waals surface area contributed by atoms with Crippen molar-refractivity contribution in [1.82, 2.24) is 0 Å². The standard InChI is InChI=1S/C13H15NO5/c1-8(2)19-13(16)9(3)12(15)10-4-6-11(7-5-10)14(17)18/h4-8,12,15H,3H2,1-2H3. The summed E-state index contributed by atoms with van der Waals surface area (Å²) in [7, 11) is 0. The number of aliphatic hydroxyl groups is 1. The molecule has 1 aromatic carbocycles. The summed E-state index contributed by atoms with van der Waals surface area (Å²) in [4.78, 5) is 21.5. The minimum Gasteiger partial charge on any atom is -0.460 e. The van der Waals surface area contributed by atoms with Crippen LogP contribution < -0.4 is 0 Å². The van der Waals surface area contributed by atoms with Crippen molar-refractivity contribution in [2.75, 3.05) is 0 Å². The molecule has 0 aliphatic heterocycles. The number of aliphatic hydroxyl groups excluding tert-OH is 1. The van der Waals surface area contributed by atoms with Gasteiger partial charge in [0.15, 0.2) is 0 Å². The second kappa shape index (κ2) is 6.10. The van der Waals surface area contributed by atoms with Gasteiger partial charge in [-0.2, -0.15) is 0 Å². The van der Waals surface area contributed by atoms with Crippen molar-refractivity contribution in [3.63, 3.8) is 0 Å². The lowest BCUT2D eigenvalue weighted by Crippen LogP contribution is -2.17. The Morgan fingerprint density at radius 2 is 1.89 bits per heavy atom. The van der Waals surface area contributed by atoms with Gasteiger partial charge in [0.2, 0.25) is 0 Å². The molecular weight excluding hydrogens is 250 g/mol. The molecule has 1 rings (SSSR count). The molecule has 0 bridgehead atoms. The quantitative estimate of drug-likeness (QED) is 0.381. The Morgan fingerprint density at radius 1 is 1.37 bits per heavy atom. The van der Waals surface area contributed by atoms with Crippen LogP contribution in [0.15, 0.2) is 36.4 Å². The zero-order valence-corrected chi connectivity index (χ0v) is 10.7. The van der Waals surface area contributed by atoms with E-state index in [2.05, 4.69) is 6.58 Å².